The highest BCUT2D eigenvalue weighted by atomic mass is 32.2. The van der Waals surface area contributed by atoms with Crippen LogP contribution in [-0.4, -0.2) is 46.3 Å². The summed E-state index contributed by atoms with van der Waals surface area (Å²) in [6.07, 6.45) is -3.82. The Bertz CT molecular complexity index is 1180. The lowest BCUT2D eigenvalue weighted by Crippen LogP contribution is -2.30. The topological polar surface area (TPSA) is 78.5 Å². The predicted octanol–water partition coefficient (Wildman–Crippen LogP) is 4.34. The van der Waals surface area contributed by atoms with Crippen LogP contribution in [0.5, 0.6) is 0 Å². The Morgan fingerprint density at radius 2 is 1.86 bits per heavy atom. The average molecular weight is 538 g/mol. The standard InChI is InChI=1S/C27H34F3N3O3S/c1-5-37(36)25-7-6-17(2)10-22(25)14-32-26(35)21-11-18(3)23(24(12-21)27(28,29)30)16-33-9-8-20(15-33)13-31-19(4)34/h6-7,10-12,20H,5,8-9,13-16H2,1-4H3,(H,31,34)(H,32,35)/t20-,37?/m0/s1. The van der Waals surface area contributed by atoms with Gasteiger partial charge >= 0.3 is 6.18 Å². The zero-order valence-electron chi connectivity index (χ0n) is 21.6. The number of benzene rings is 2. The molecule has 0 saturated carbocycles. The molecule has 0 bridgehead atoms. The van der Waals surface area contributed by atoms with Crippen LogP contribution in [0, 0.1) is 19.8 Å². The molecule has 0 radical (unpaired) electrons. The highest BCUT2D eigenvalue weighted by Gasteiger charge is 2.36. The smallest absolute Gasteiger partial charge is 0.356 e. The Hall–Kier alpha value is -2.72. The van der Waals surface area contributed by atoms with Crippen molar-refractivity contribution in [1.29, 1.82) is 0 Å². The first-order chi connectivity index (χ1) is 17.4. The van der Waals surface area contributed by atoms with Gasteiger partial charge in [-0.15, -0.1) is 0 Å². The molecule has 1 unspecified atom stereocenters. The molecule has 0 aromatic heterocycles. The Morgan fingerprint density at radius 3 is 2.51 bits per heavy atom. The Balaban J connectivity index is 1.78. The van der Waals surface area contributed by atoms with E-state index in [0.717, 1.165) is 18.1 Å². The van der Waals surface area contributed by atoms with Crippen molar-refractivity contribution in [3.63, 3.8) is 0 Å². The second-order valence-corrected chi connectivity index (χ2v) is 11.3. The molecule has 0 aliphatic carbocycles. The van der Waals surface area contributed by atoms with Crippen molar-refractivity contribution in [1.82, 2.24) is 15.5 Å². The van der Waals surface area contributed by atoms with Gasteiger partial charge in [-0.05, 0) is 67.6 Å². The number of nitrogens with one attached hydrogen (secondary N) is 2. The molecule has 2 aromatic rings. The van der Waals surface area contributed by atoms with Gasteiger partial charge in [-0.2, -0.15) is 13.2 Å². The maximum absolute atomic E-state index is 14.1. The molecule has 2 aromatic carbocycles. The van der Waals surface area contributed by atoms with Crippen LogP contribution < -0.4 is 10.6 Å². The predicted molar refractivity (Wildman–Crippen MR) is 138 cm³/mol. The molecule has 0 spiro atoms. The van der Waals surface area contributed by atoms with Crippen molar-refractivity contribution in [2.24, 2.45) is 5.92 Å². The number of halogens is 3. The average Bonchev–Trinajstić information content (AvgIpc) is 3.28. The summed E-state index contributed by atoms with van der Waals surface area (Å²) in [4.78, 5) is 26.6. The van der Waals surface area contributed by atoms with E-state index < -0.39 is 28.4 Å². The quantitative estimate of drug-likeness (QED) is 0.499. The van der Waals surface area contributed by atoms with Gasteiger partial charge in [0.2, 0.25) is 5.91 Å². The molecule has 2 atom stereocenters. The Labute approximate surface area is 218 Å². The third kappa shape index (κ3) is 7.64. The normalized spacial score (nSPS) is 17.0. The maximum atomic E-state index is 14.1. The van der Waals surface area contributed by atoms with Crippen molar-refractivity contribution in [3.8, 4) is 0 Å². The van der Waals surface area contributed by atoms with Crippen LogP contribution in [0.4, 0.5) is 13.2 Å². The van der Waals surface area contributed by atoms with E-state index in [2.05, 4.69) is 10.6 Å². The lowest BCUT2D eigenvalue weighted by atomic mass is 9.97. The fourth-order valence-electron chi connectivity index (χ4n) is 4.65. The van der Waals surface area contributed by atoms with Crippen LogP contribution in [0.2, 0.25) is 0 Å². The molecule has 2 N–H and O–H groups in total. The molecule has 1 fully saturated rings. The zero-order chi connectivity index (χ0) is 27.3. The van der Waals surface area contributed by atoms with Crippen molar-refractivity contribution in [3.05, 3.63) is 63.7 Å². The fourth-order valence-corrected chi connectivity index (χ4v) is 5.60. The monoisotopic (exact) mass is 537 g/mol. The molecule has 2 amide bonds. The summed E-state index contributed by atoms with van der Waals surface area (Å²) in [6.45, 7) is 8.63. The third-order valence-electron chi connectivity index (χ3n) is 6.59. The minimum atomic E-state index is -4.62. The Morgan fingerprint density at radius 1 is 1.14 bits per heavy atom. The van der Waals surface area contributed by atoms with Crippen molar-refractivity contribution < 1.29 is 27.0 Å². The second kappa shape index (κ2) is 12.2. The summed E-state index contributed by atoms with van der Waals surface area (Å²) >= 11 is 0. The van der Waals surface area contributed by atoms with Gasteiger partial charge in [-0.1, -0.05) is 24.6 Å². The largest absolute Gasteiger partial charge is 0.416 e. The number of nitrogens with zero attached hydrogens (tertiary/aromatic N) is 1. The van der Waals surface area contributed by atoms with Gasteiger partial charge in [0.15, 0.2) is 0 Å². The minimum absolute atomic E-state index is 0.0627. The summed E-state index contributed by atoms with van der Waals surface area (Å²) in [5.41, 5.74) is 1.29. The molecule has 1 aliphatic heterocycles. The molecular formula is C27H34F3N3O3S. The van der Waals surface area contributed by atoms with E-state index in [1.165, 1.54) is 13.0 Å². The first kappa shape index (κ1) is 28.8. The summed E-state index contributed by atoms with van der Waals surface area (Å²) < 4.78 is 54.6. The van der Waals surface area contributed by atoms with Crippen molar-refractivity contribution in [2.45, 2.75) is 58.3 Å². The first-order valence-corrected chi connectivity index (χ1v) is 13.6. The van der Waals surface area contributed by atoms with Gasteiger partial charge in [0, 0.05) is 49.3 Å². The van der Waals surface area contributed by atoms with Crippen LogP contribution in [0.25, 0.3) is 0 Å². The number of carbonyl (C=O) groups excluding carboxylic acids is 2. The van der Waals surface area contributed by atoms with E-state index in [1.807, 2.05) is 24.0 Å². The molecule has 10 heteroatoms. The van der Waals surface area contributed by atoms with Crippen LogP contribution >= 0.6 is 0 Å². The number of aryl methyl sites for hydroxylation is 2. The number of hydrogen-bond donors (Lipinski definition) is 2. The summed E-state index contributed by atoms with van der Waals surface area (Å²) in [5.74, 6) is -0.131. The van der Waals surface area contributed by atoms with Gasteiger partial charge in [-0.25, -0.2) is 0 Å². The van der Waals surface area contributed by atoms with E-state index in [9.17, 15) is 27.0 Å². The zero-order valence-corrected chi connectivity index (χ0v) is 22.4. The number of amides is 2. The van der Waals surface area contributed by atoms with Gasteiger partial charge in [0.1, 0.15) is 0 Å². The van der Waals surface area contributed by atoms with Gasteiger partial charge in [-0.3, -0.25) is 18.7 Å². The lowest BCUT2D eigenvalue weighted by molar-refractivity contribution is -0.138. The minimum Gasteiger partial charge on any atom is -0.356 e. The SMILES string of the molecule is CCS(=O)c1ccc(C)cc1CNC(=O)c1cc(C)c(CN2CC[C@@H](CNC(C)=O)C2)c(C(F)(F)F)c1. The van der Waals surface area contributed by atoms with Crippen LogP contribution in [0.1, 0.15) is 58.4 Å². The van der Waals surface area contributed by atoms with E-state index in [1.54, 1.807) is 19.9 Å². The van der Waals surface area contributed by atoms with E-state index >= 15 is 0 Å². The van der Waals surface area contributed by atoms with Crippen LogP contribution in [0.15, 0.2) is 35.2 Å². The molecule has 3 rings (SSSR count). The maximum Gasteiger partial charge on any atom is 0.416 e. The van der Waals surface area contributed by atoms with E-state index in [0.29, 0.717) is 41.4 Å². The third-order valence-corrected chi connectivity index (χ3v) is 8.01. The van der Waals surface area contributed by atoms with Gasteiger partial charge in [0.25, 0.3) is 5.91 Å². The highest BCUT2D eigenvalue weighted by Crippen LogP contribution is 2.36. The number of hydrogen-bond acceptors (Lipinski definition) is 4. The van der Waals surface area contributed by atoms with Crippen molar-refractivity contribution in [2.75, 3.05) is 25.4 Å². The van der Waals surface area contributed by atoms with E-state index in [4.69, 9.17) is 0 Å². The molecule has 6 nitrogen and oxygen atoms in total. The van der Waals surface area contributed by atoms with Crippen LogP contribution in [-0.2, 0) is 34.9 Å². The number of carbonyl (C=O) groups is 2. The summed E-state index contributed by atoms with van der Waals surface area (Å²) in [7, 11) is -1.23. The molecule has 1 heterocycles. The molecule has 37 heavy (non-hydrogen) atoms. The van der Waals surface area contributed by atoms with Gasteiger partial charge < -0.3 is 10.6 Å². The molecule has 202 valence electrons. The van der Waals surface area contributed by atoms with E-state index in [-0.39, 0.29) is 36.0 Å². The molecular weight excluding hydrogens is 503 g/mol. The first-order valence-electron chi connectivity index (χ1n) is 12.3. The summed E-state index contributed by atoms with van der Waals surface area (Å²) in [5, 5.41) is 5.48. The Kier molecular flexibility index (Phi) is 9.52. The second-order valence-electron chi connectivity index (χ2n) is 9.57. The summed E-state index contributed by atoms with van der Waals surface area (Å²) in [6, 6.07) is 7.84. The van der Waals surface area contributed by atoms with Crippen LogP contribution in [0.3, 0.4) is 0 Å². The number of rotatable bonds is 9. The van der Waals surface area contributed by atoms with Gasteiger partial charge in [0.05, 0.1) is 16.4 Å². The number of alkyl halides is 3. The van der Waals surface area contributed by atoms with Crippen molar-refractivity contribution >= 4 is 22.6 Å². The lowest BCUT2D eigenvalue weighted by Gasteiger charge is -2.22. The number of likely N-dealkylation sites (tertiary alicyclic amines) is 1. The fraction of sp³-hybridized carbons (Fsp3) is 0.481. The molecule has 1 aliphatic rings. The highest BCUT2D eigenvalue weighted by molar-refractivity contribution is 7.85. The molecule has 1 saturated heterocycles.